The third-order valence-corrected chi connectivity index (χ3v) is 7.77. The Morgan fingerprint density at radius 3 is 1.44 bits per heavy atom. The van der Waals surface area contributed by atoms with Gasteiger partial charge in [0.05, 0.1) is 0 Å². The van der Waals surface area contributed by atoms with Crippen LogP contribution in [0.25, 0.3) is 0 Å². The van der Waals surface area contributed by atoms with E-state index in [1.165, 1.54) is 12.8 Å². The first-order valence-electron chi connectivity index (χ1n) is 10.9. The average molecular weight is 375 g/mol. The monoisotopic (exact) mass is 374 g/mol. The topological polar surface area (TPSA) is 40.6 Å². The van der Waals surface area contributed by atoms with Gasteiger partial charge in [-0.25, -0.2) is 0 Å². The third kappa shape index (κ3) is 3.53. The predicted molar refractivity (Wildman–Crippen MR) is 107 cm³/mol. The highest BCUT2D eigenvalue weighted by molar-refractivity contribution is 5.97. The number of likely N-dealkylation sites (tertiary alicyclic amines) is 2. The van der Waals surface area contributed by atoms with Gasteiger partial charge in [0.25, 0.3) is 0 Å². The SMILES string of the molecule is CC1(C)C[C@@H]2C[C@](C)(CN2C(=O)CC(=O)N2C[C@@]3(C)C[C@@H]2CC(C)(C)C3)C1. The Morgan fingerprint density at radius 1 is 0.704 bits per heavy atom. The number of hydrogen-bond acceptors (Lipinski definition) is 2. The fraction of sp³-hybridized carbons (Fsp3) is 0.913. The predicted octanol–water partition coefficient (Wildman–Crippen LogP) is 4.23. The van der Waals surface area contributed by atoms with E-state index in [-0.39, 0.29) is 29.1 Å². The molecule has 4 rings (SSSR count). The zero-order valence-corrected chi connectivity index (χ0v) is 18.2. The van der Waals surface area contributed by atoms with E-state index in [4.69, 9.17) is 0 Å². The molecule has 4 bridgehead atoms. The lowest BCUT2D eigenvalue weighted by atomic mass is 9.65. The largest absolute Gasteiger partial charge is 0.339 e. The Labute approximate surface area is 165 Å². The van der Waals surface area contributed by atoms with Crippen LogP contribution in [0.4, 0.5) is 0 Å². The summed E-state index contributed by atoms with van der Waals surface area (Å²) in [7, 11) is 0. The smallest absolute Gasteiger partial charge is 0.232 e. The Bertz CT molecular complexity index is 613. The van der Waals surface area contributed by atoms with Gasteiger partial charge in [-0.2, -0.15) is 0 Å². The molecule has 2 saturated heterocycles. The number of carbonyl (C=O) groups excluding carboxylic acids is 2. The molecule has 2 aliphatic heterocycles. The summed E-state index contributed by atoms with van der Waals surface area (Å²) < 4.78 is 0. The molecule has 27 heavy (non-hydrogen) atoms. The van der Waals surface area contributed by atoms with Crippen LogP contribution < -0.4 is 0 Å². The van der Waals surface area contributed by atoms with Crippen LogP contribution in [0.2, 0.25) is 0 Å². The summed E-state index contributed by atoms with van der Waals surface area (Å²) in [4.78, 5) is 30.3. The maximum absolute atomic E-state index is 13.1. The zero-order chi connectivity index (χ0) is 19.8. The molecule has 4 aliphatic rings. The van der Waals surface area contributed by atoms with Crippen molar-refractivity contribution in [2.75, 3.05) is 13.1 Å². The van der Waals surface area contributed by atoms with Crippen LogP contribution in [-0.2, 0) is 9.59 Å². The number of rotatable bonds is 2. The van der Waals surface area contributed by atoms with Crippen LogP contribution in [0, 0.1) is 21.7 Å². The number of carbonyl (C=O) groups is 2. The Balaban J connectivity index is 1.43. The lowest BCUT2D eigenvalue weighted by Gasteiger charge is -2.39. The highest BCUT2D eigenvalue weighted by Crippen LogP contribution is 2.54. The van der Waals surface area contributed by atoms with E-state index >= 15 is 0 Å². The molecule has 152 valence electrons. The molecule has 0 aromatic carbocycles. The van der Waals surface area contributed by atoms with Gasteiger partial charge in [-0.15, -0.1) is 0 Å². The molecule has 2 heterocycles. The van der Waals surface area contributed by atoms with Crippen molar-refractivity contribution >= 4 is 11.8 Å². The van der Waals surface area contributed by atoms with Gasteiger partial charge in [0.1, 0.15) is 6.42 Å². The minimum Gasteiger partial charge on any atom is -0.339 e. The maximum atomic E-state index is 13.1. The van der Waals surface area contributed by atoms with Crippen LogP contribution in [0.3, 0.4) is 0 Å². The average Bonchev–Trinajstić information content (AvgIpc) is 2.86. The quantitative estimate of drug-likeness (QED) is 0.679. The molecule has 4 atom stereocenters. The van der Waals surface area contributed by atoms with Crippen molar-refractivity contribution < 1.29 is 9.59 Å². The fourth-order valence-electron chi connectivity index (χ4n) is 7.84. The van der Waals surface area contributed by atoms with E-state index in [2.05, 4.69) is 51.3 Å². The lowest BCUT2D eigenvalue weighted by molar-refractivity contribution is -0.141. The highest BCUT2D eigenvalue weighted by atomic mass is 16.2. The Hall–Kier alpha value is -1.06. The molecule has 0 unspecified atom stereocenters. The van der Waals surface area contributed by atoms with Gasteiger partial charge in [-0.1, -0.05) is 41.5 Å². The third-order valence-electron chi connectivity index (χ3n) is 7.77. The summed E-state index contributed by atoms with van der Waals surface area (Å²) in [6.45, 7) is 15.6. The van der Waals surface area contributed by atoms with Crippen LogP contribution >= 0.6 is 0 Å². The zero-order valence-electron chi connectivity index (χ0n) is 18.2. The van der Waals surface area contributed by atoms with E-state index in [1.807, 2.05) is 0 Å². The van der Waals surface area contributed by atoms with E-state index in [9.17, 15) is 9.59 Å². The molecule has 0 aromatic heterocycles. The first-order chi connectivity index (χ1) is 12.3. The summed E-state index contributed by atoms with van der Waals surface area (Å²) >= 11 is 0. The van der Waals surface area contributed by atoms with Crippen molar-refractivity contribution in [1.29, 1.82) is 0 Å². The Kier molecular flexibility index (Phi) is 4.09. The van der Waals surface area contributed by atoms with Crippen LogP contribution in [0.1, 0.15) is 86.5 Å². The van der Waals surface area contributed by atoms with Gasteiger partial charge in [0.15, 0.2) is 0 Å². The van der Waals surface area contributed by atoms with Gasteiger partial charge < -0.3 is 9.80 Å². The standard InChI is InChI=1S/C23H38N2O2/c1-20(2)8-16-10-22(5,12-20)14-24(16)18(26)7-19(27)25-15-23(6)11-17(25)9-21(3,4)13-23/h16-17H,7-15H2,1-6H3/t16-,17+,22-,23-/m0/s1. The molecule has 4 fully saturated rings. The molecule has 2 amide bonds. The van der Waals surface area contributed by atoms with Crippen molar-refractivity contribution in [3.8, 4) is 0 Å². The number of amides is 2. The summed E-state index contributed by atoms with van der Waals surface area (Å²) in [5, 5.41) is 0. The molecule has 0 radical (unpaired) electrons. The molecule has 0 aromatic rings. The minimum atomic E-state index is 0.0669. The molecule has 4 heteroatoms. The van der Waals surface area contributed by atoms with Gasteiger partial charge in [0, 0.05) is 25.2 Å². The fourth-order valence-corrected chi connectivity index (χ4v) is 7.84. The molecule has 4 nitrogen and oxygen atoms in total. The van der Waals surface area contributed by atoms with Crippen molar-refractivity contribution in [3.63, 3.8) is 0 Å². The van der Waals surface area contributed by atoms with Crippen LogP contribution in [0.5, 0.6) is 0 Å². The van der Waals surface area contributed by atoms with Crippen molar-refractivity contribution in [3.05, 3.63) is 0 Å². The number of fused-ring (bicyclic) bond motifs is 4. The lowest BCUT2D eigenvalue weighted by Crippen LogP contribution is -2.42. The molecular weight excluding hydrogens is 336 g/mol. The summed E-state index contributed by atoms with van der Waals surface area (Å²) in [5.74, 6) is 0.134. The molecule has 2 saturated carbocycles. The van der Waals surface area contributed by atoms with Crippen molar-refractivity contribution in [2.45, 2.75) is 98.6 Å². The first kappa shape index (κ1) is 19.3. The number of nitrogens with zero attached hydrogens (tertiary/aromatic N) is 2. The number of hydrogen-bond donors (Lipinski definition) is 0. The van der Waals surface area contributed by atoms with Crippen molar-refractivity contribution in [1.82, 2.24) is 9.80 Å². The van der Waals surface area contributed by atoms with E-state index in [0.29, 0.717) is 22.9 Å². The summed E-state index contributed by atoms with van der Waals surface area (Å²) in [6, 6.07) is 0.654. The molecule has 0 N–H and O–H groups in total. The maximum Gasteiger partial charge on any atom is 0.232 e. The summed E-state index contributed by atoms with van der Waals surface area (Å²) in [5.41, 5.74) is 1.05. The van der Waals surface area contributed by atoms with E-state index in [0.717, 1.165) is 38.8 Å². The van der Waals surface area contributed by atoms with E-state index in [1.54, 1.807) is 0 Å². The second kappa shape index (κ2) is 5.73. The van der Waals surface area contributed by atoms with Gasteiger partial charge in [-0.3, -0.25) is 9.59 Å². The minimum absolute atomic E-state index is 0.0669. The van der Waals surface area contributed by atoms with Crippen molar-refractivity contribution in [2.24, 2.45) is 21.7 Å². The van der Waals surface area contributed by atoms with Gasteiger partial charge in [-0.05, 0) is 60.2 Å². The summed E-state index contributed by atoms with van der Waals surface area (Å²) in [6.07, 6.45) is 6.78. The normalized spacial score (nSPS) is 41.7. The molecular formula is C23H38N2O2. The Morgan fingerprint density at radius 2 is 1.07 bits per heavy atom. The first-order valence-corrected chi connectivity index (χ1v) is 10.9. The van der Waals surface area contributed by atoms with Crippen LogP contribution in [0.15, 0.2) is 0 Å². The van der Waals surface area contributed by atoms with Gasteiger partial charge in [0.2, 0.25) is 11.8 Å². The van der Waals surface area contributed by atoms with Gasteiger partial charge >= 0.3 is 0 Å². The molecule has 2 aliphatic carbocycles. The van der Waals surface area contributed by atoms with E-state index < -0.39 is 0 Å². The highest BCUT2D eigenvalue weighted by Gasteiger charge is 2.53. The second-order valence-corrected chi connectivity index (χ2v) is 12.6. The molecule has 0 spiro atoms. The second-order valence-electron chi connectivity index (χ2n) is 12.6. The van der Waals surface area contributed by atoms with Crippen LogP contribution in [-0.4, -0.2) is 46.8 Å².